The van der Waals surface area contributed by atoms with Crippen molar-refractivity contribution >= 4 is 23.4 Å². The Labute approximate surface area is 126 Å². The number of carbonyl (C=O) groups is 2. The van der Waals surface area contributed by atoms with E-state index in [1.165, 1.54) is 24.3 Å². The average molecular weight is 307 g/mol. The molecule has 0 aromatic heterocycles. The van der Waals surface area contributed by atoms with Gasteiger partial charge in [-0.25, -0.2) is 4.79 Å². The van der Waals surface area contributed by atoms with Crippen LogP contribution >= 0.6 is 0 Å². The van der Waals surface area contributed by atoms with Gasteiger partial charge in [-0.2, -0.15) is 0 Å². The molecular weight excluding hydrogens is 290 g/mol. The van der Waals surface area contributed by atoms with Crippen LogP contribution in [0.4, 0.5) is 16.2 Å². The number of benzene rings is 1. The minimum Gasteiger partial charge on any atom is -0.481 e. The summed E-state index contributed by atoms with van der Waals surface area (Å²) in [6.45, 7) is 0. The smallest absolute Gasteiger partial charge is 0.319 e. The second-order valence-electron chi connectivity index (χ2n) is 5.29. The lowest BCUT2D eigenvalue weighted by Gasteiger charge is -2.26. The first-order chi connectivity index (χ1) is 10.5. The maximum atomic E-state index is 11.8. The maximum Gasteiger partial charge on any atom is 0.319 e. The summed E-state index contributed by atoms with van der Waals surface area (Å²) in [6.07, 6.45) is 2.37. The second kappa shape index (κ2) is 6.88. The third-order valence-corrected chi connectivity index (χ3v) is 3.75. The van der Waals surface area contributed by atoms with E-state index < -0.39 is 16.9 Å². The first-order valence-electron chi connectivity index (χ1n) is 7.00. The molecule has 0 aliphatic heterocycles. The summed E-state index contributed by atoms with van der Waals surface area (Å²) in [7, 11) is 0. The molecule has 0 radical (unpaired) electrons. The number of anilines is 1. The van der Waals surface area contributed by atoms with E-state index in [1.807, 2.05) is 0 Å². The molecule has 0 spiro atoms. The molecule has 0 unspecified atom stereocenters. The predicted octanol–water partition coefficient (Wildman–Crippen LogP) is 2.36. The van der Waals surface area contributed by atoms with E-state index in [0.717, 1.165) is 0 Å². The van der Waals surface area contributed by atoms with E-state index in [2.05, 4.69) is 10.6 Å². The number of nitrogens with one attached hydrogen (secondary N) is 2. The SMILES string of the molecule is O=C(Nc1ccc([N+](=O)[O-])cc1)NC1CCC(C(=O)O)CC1. The van der Waals surface area contributed by atoms with Crippen LogP contribution in [0.1, 0.15) is 25.7 Å². The zero-order valence-electron chi connectivity index (χ0n) is 11.8. The monoisotopic (exact) mass is 307 g/mol. The molecule has 2 amide bonds. The molecule has 22 heavy (non-hydrogen) atoms. The highest BCUT2D eigenvalue weighted by atomic mass is 16.6. The maximum absolute atomic E-state index is 11.8. The number of nitro benzene ring substituents is 1. The van der Waals surface area contributed by atoms with Gasteiger partial charge >= 0.3 is 12.0 Å². The molecule has 1 aromatic carbocycles. The highest BCUT2D eigenvalue weighted by Crippen LogP contribution is 2.24. The number of hydrogen-bond donors (Lipinski definition) is 3. The molecule has 118 valence electrons. The fourth-order valence-electron chi connectivity index (χ4n) is 2.50. The van der Waals surface area contributed by atoms with Crippen LogP contribution < -0.4 is 10.6 Å². The van der Waals surface area contributed by atoms with Crippen LogP contribution in [0.5, 0.6) is 0 Å². The quantitative estimate of drug-likeness (QED) is 0.582. The van der Waals surface area contributed by atoms with Gasteiger partial charge in [0.25, 0.3) is 5.69 Å². The van der Waals surface area contributed by atoms with Crippen molar-refractivity contribution in [3.05, 3.63) is 34.4 Å². The molecule has 1 aromatic rings. The number of amides is 2. The number of carbonyl (C=O) groups excluding carboxylic acids is 1. The lowest BCUT2D eigenvalue weighted by atomic mass is 9.86. The van der Waals surface area contributed by atoms with Gasteiger partial charge in [-0.1, -0.05) is 0 Å². The summed E-state index contributed by atoms with van der Waals surface area (Å²) >= 11 is 0. The largest absolute Gasteiger partial charge is 0.481 e. The Morgan fingerprint density at radius 3 is 2.23 bits per heavy atom. The van der Waals surface area contributed by atoms with Crippen molar-refractivity contribution in [2.75, 3.05) is 5.32 Å². The Balaban J connectivity index is 1.81. The van der Waals surface area contributed by atoms with E-state index in [0.29, 0.717) is 31.4 Å². The van der Waals surface area contributed by atoms with Gasteiger partial charge in [0, 0.05) is 23.9 Å². The fraction of sp³-hybridized carbons (Fsp3) is 0.429. The Morgan fingerprint density at radius 1 is 1.14 bits per heavy atom. The van der Waals surface area contributed by atoms with Gasteiger partial charge in [-0.15, -0.1) is 0 Å². The number of carboxylic acids is 1. The zero-order valence-corrected chi connectivity index (χ0v) is 11.8. The lowest BCUT2D eigenvalue weighted by Crippen LogP contribution is -2.40. The summed E-state index contributed by atoms with van der Waals surface area (Å²) in [5.74, 6) is -1.11. The van der Waals surface area contributed by atoms with Crippen LogP contribution in [-0.4, -0.2) is 28.1 Å². The highest BCUT2D eigenvalue weighted by Gasteiger charge is 2.26. The van der Waals surface area contributed by atoms with E-state index in [-0.39, 0.29) is 17.6 Å². The van der Waals surface area contributed by atoms with Crippen LogP contribution in [0.15, 0.2) is 24.3 Å². The summed E-state index contributed by atoms with van der Waals surface area (Å²) in [5, 5.41) is 24.8. The molecule has 1 aliphatic rings. The number of urea groups is 1. The Hall–Kier alpha value is -2.64. The summed E-state index contributed by atoms with van der Waals surface area (Å²) in [6, 6.07) is 5.10. The van der Waals surface area contributed by atoms with Crippen LogP contribution in [0.2, 0.25) is 0 Å². The van der Waals surface area contributed by atoms with E-state index in [9.17, 15) is 19.7 Å². The van der Waals surface area contributed by atoms with Gasteiger partial charge in [-0.05, 0) is 37.8 Å². The van der Waals surface area contributed by atoms with Crippen LogP contribution in [0.3, 0.4) is 0 Å². The molecule has 2 rings (SSSR count). The minimum atomic E-state index is -0.784. The van der Waals surface area contributed by atoms with Gasteiger partial charge < -0.3 is 15.7 Å². The highest BCUT2D eigenvalue weighted by molar-refractivity contribution is 5.89. The summed E-state index contributed by atoms with van der Waals surface area (Å²) in [5.41, 5.74) is 0.417. The fourth-order valence-corrected chi connectivity index (χ4v) is 2.50. The summed E-state index contributed by atoms with van der Waals surface area (Å²) in [4.78, 5) is 32.7. The minimum absolute atomic E-state index is 0.0436. The number of hydrogen-bond acceptors (Lipinski definition) is 4. The standard InChI is InChI=1S/C14H17N3O5/c18-13(19)9-1-3-10(4-2-9)15-14(20)16-11-5-7-12(8-6-11)17(21)22/h5-10H,1-4H2,(H,18,19)(H2,15,16,20). The number of non-ortho nitro benzene ring substituents is 1. The number of aliphatic carboxylic acids is 1. The van der Waals surface area contributed by atoms with Gasteiger partial charge in [0.1, 0.15) is 0 Å². The Bertz CT molecular complexity index is 564. The van der Waals surface area contributed by atoms with Crippen molar-refractivity contribution in [3.63, 3.8) is 0 Å². The second-order valence-corrected chi connectivity index (χ2v) is 5.29. The van der Waals surface area contributed by atoms with Crippen LogP contribution in [0.25, 0.3) is 0 Å². The predicted molar refractivity (Wildman–Crippen MR) is 78.6 cm³/mol. The van der Waals surface area contributed by atoms with E-state index >= 15 is 0 Å². The molecule has 1 aliphatic carbocycles. The first-order valence-corrected chi connectivity index (χ1v) is 7.00. The number of rotatable bonds is 4. The Morgan fingerprint density at radius 2 is 1.73 bits per heavy atom. The topological polar surface area (TPSA) is 122 Å². The third-order valence-electron chi connectivity index (χ3n) is 3.75. The zero-order chi connectivity index (χ0) is 16.1. The molecule has 0 heterocycles. The third kappa shape index (κ3) is 4.18. The molecule has 8 nitrogen and oxygen atoms in total. The van der Waals surface area contributed by atoms with E-state index in [1.54, 1.807) is 0 Å². The average Bonchev–Trinajstić information content (AvgIpc) is 2.48. The molecule has 1 saturated carbocycles. The van der Waals surface area contributed by atoms with E-state index in [4.69, 9.17) is 5.11 Å². The van der Waals surface area contributed by atoms with Crippen molar-refractivity contribution in [2.24, 2.45) is 5.92 Å². The molecule has 0 saturated heterocycles. The Kier molecular flexibility index (Phi) is 4.92. The molecule has 0 bridgehead atoms. The normalized spacial score (nSPS) is 20.9. The van der Waals surface area contributed by atoms with Crippen LogP contribution in [-0.2, 0) is 4.79 Å². The molecule has 0 atom stereocenters. The van der Waals surface area contributed by atoms with Crippen LogP contribution in [0, 0.1) is 16.0 Å². The van der Waals surface area contributed by atoms with Gasteiger partial charge in [-0.3, -0.25) is 14.9 Å². The van der Waals surface area contributed by atoms with Crippen molar-refractivity contribution in [1.82, 2.24) is 5.32 Å². The van der Waals surface area contributed by atoms with Crippen molar-refractivity contribution in [3.8, 4) is 0 Å². The van der Waals surface area contributed by atoms with Gasteiger partial charge in [0.05, 0.1) is 10.8 Å². The summed E-state index contributed by atoms with van der Waals surface area (Å²) < 4.78 is 0. The van der Waals surface area contributed by atoms with Crippen molar-refractivity contribution in [1.29, 1.82) is 0 Å². The lowest BCUT2D eigenvalue weighted by molar-refractivity contribution is -0.384. The van der Waals surface area contributed by atoms with Gasteiger partial charge in [0.15, 0.2) is 0 Å². The number of nitrogens with zero attached hydrogens (tertiary/aromatic N) is 1. The molecular formula is C14H17N3O5. The van der Waals surface area contributed by atoms with Crippen molar-refractivity contribution in [2.45, 2.75) is 31.7 Å². The molecule has 8 heteroatoms. The molecule has 1 fully saturated rings. The number of nitro groups is 1. The van der Waals surface area contributed by atoms with Gasteiger partial charge in [0.2, 0.25) is 0 Å². The van der Waals surface area contributed by atoms with Crippen molar-refractivity contribution < 1.29 is 19.6 Å². The molecule has 3 N–H and O–H groups in total. The number of carboxylic acid groups (broad SMARTS) is 1. The first kappa shape index (κ1) is 15.7.